The first-order valence-corrected chi connectivity index (χ1v) is 9.31. The van der Waals surface area contributed by atoms with E-state index in [0.717, 1.165) is 18.6 Å². The van der Waals surface area contributed by atoms with Crippen LogP contribution in [0.5, 0.6) is 0 Å². The van der Waals surface area contributed by atoms with Gasteiger partial charge in [-0.2, -0.15) is 0 Å². The van der Waals surface area contributed by atoms with Gasteiger partial charge in [-0.05, 0) is 43.1 Å². The third kappa shape index (κ3) is 5.71. The molecule has 1 aromatic rings. The minimum absolute atomic E-state index is 0.0614. The van der Waals surface area contributed by atoms with Crippen LogP contribution in [-0.4, -0.2) is 17.0 Å². The molecule has 1 aliphatic carbocycles. The number of hydrogen-bond acceptors (Lipinski definition) is 2. The molecule has 1 aliphatic rings. The topological polar surface area (TPSA) is 20.2 Å². The Morgan fingerprint density at radius 3 is 2.52 bits per heavy atom. The predicted octanol–water partition coefficient (Wildman–Crippen LogP) is 5.63. The summed E-state index contributed by atoms with van der Waals surface area (Å²) in [7, 11) is 0. The lowest BCUT2D eigenvalue weighted by Crippen LogP contribution is -2.28. The summed E-state index contributed by atoms with van der Waals surface area (Å²) < 4.78 is 0. The molecule has 1 unspecified atom stereocenters. The van der Waals surface area contributed by atoms with Gasteiger partial charge in [0, 0.05) is 10.3 Å². The first kappa shape index (κ1) is 18.1. The molecule has 23 heavy (non-hydrogen) atoms. The van der Waals surface area contributed by atoms with Gasteiger partial charge in [0.25, 0.3) is 0 Å². The van der Waals surface area contributed by atoms with Gasteiger partial charge < -0.3 is 5.11 Å². The first-order valence-electron chi connectivity index (χ1n) is 8.32. The van der Waals surface area contributed by atoms with Crippen LogP contribution in [0.2, 0.25) is 0 Å². The van der Waals surface area contributed by atoms with Gasteiger partial charge in [0.1, 0.15) is 0 Å². The van der Waals surface area contributed by atoms with Crippen LogP contribution in [0.25, 0.3) is 0 Å². The van der Waals surface area contributed by atoms with Crippen molar-refractivity contribution in [2.45, 2.75) is 44.6 Å². The van der Waals surface area contributed by atoms with Gasteiger partial charge in [0.2, 0.25) is 0 Å². The quantitative estimate of drug-likeness (QED) is 0.517. The fourth-order valence-corrected chi connectivity index (χ4v) is 3.76. The minimum Gasteiger partial charge on any atom is -0.388 e. The van der Waals surface area contributed by atoms with Gasteiger partial charge in [-0.1, -0.05) is 68.5 Å². The molecule has 0 fully saturated rings. The molecular formula is C21H28OS. The summed E-state index contributed by atoms with van der Waals surface area (Å²) in [5, 5.41) is 10.6. The molecule has 0 saturated heterocycles. The van der Waals surface area contributed by atoms with Gasteiger partial charge >= 0.3 is 0 Å². The SMILES string of the molecule is CC1(/C=C/C(O)C(C)(C)CCSc2ccccc2)C=CCC=C1. The summed E-state index contributed by atoms with van der Waals surface area (Å²) in [6, 6.07) is 10.4. The second-order valence-electron chi connectivity index (χ2n) is 7.11. The van der Waals surface area contributed by atoms with E-state index in [1.54, 1.807) is 0 Å². The summed E-state index contributed by atoms with van der Waals surface area (Å²) in [4.78, 5) is 1.29. The standard InChI is InChI=1S/C21H28OS/c1-20(2,16-17-23-18-10-6-4-7-11-18)19(22)12-15-21(3)13-8-5-9-14-21/h4,6-15,19,22H,5,16-17H2,1-3H3/b15-12+. The Balaban J connectivity index is 1.86. The Labute approximate surface area is 145 Å². The van der Waals surface area contributed by atoms with E-state index in [9.17, 15) is 5.11 Å². The maximum absolute atomic E-state index is 10.6. The Bertz CT molecular complexity index is 557. The molecular weight excluding hydrogens is 300 g/mol. The third-order valence-corrected chi connectivity index (χ3v) is 5.44. The van der Waals surface area contributed by atoms with E-state index in [0.29, 0.717) is 0 Å². The fraction of sp³-hybridized carbons (Fsp3) is 0.429. The smallest absolute Gasteiger partial charge is 0.0772 e. The Hall–Kier alpha value is -1.25. The van der Waals surface area contributed by atoms with E-state index in [2.05, 4.69) is 75.4 Å². The summed E-state index contributed by atoms with van der Waals surface area (Å²) >= 11 is 1.85. The van der Waals surface area contributed by atoms with Crippen molar-refractivity contribution in [1.29, 1.82) is 0 Å². The Kier molecular flexibility index (Phi) is 6.32. The van der Waals surface area contributed by atoms with E-state index >= 15 is 0 Å². The molecule has 0 spiro atoms. The van der Waals surface area contributed by atoms with Gasteiger partial charge in [-0.15, -0.1) is 11.8 Å². The van der Waals surface area contributed by atoms with Crippen LogP contribution in [0.4, 0.5) is 0 Å². The Morgan fingerprint density at radius 2 is 1.87 bits per heavy atom. The molecule has 2 heteroatoms. The minimum atomic E-state index is -0.431. The summed E-state index contributed by atoms with van der Waals surface area (Å²) in [6.07, 6.45) is 14.4. The van der Waals surface area contributed by atoms with Crippen molar-refractivity contribution in [3.63, 3.8) is 0 Å². The lowest BCUT2D eigenvalue weighted by atomic mass is 9.80. The van der Waals surface area contributed by atoms with Crippen LogP contribution < -0.4 is 0 Å². The van der Waals surface area contributed by atoms with Crippen molar-refractivity contribution in [1.82, 2.24) is 0 Å². The highest BCUT2D eigenvalue weighted by molar-refractivity contribution is 7.99. The second-order valence-corrected chi connectivity index (χ2v) is 8.28. The highest BCUT2D eigenvalue weighted by Crippen LogP contribution is 2.32. The number of rotatable bonds is 7. The highest BCUT2D eigenvalue weighted by Gasteiger charge is 2.26. The van der Waals surface area contributed by atoms with Gasteiger partial charge in [-0.3, -0.25) is 0 Å². The normalized spacial score (nSPS) is 18.4. The van der Waals surface area contributed by atoms with E-state index in [4.69, 9.17) is 0 Å². The van der Waals surface area contributed by atoms with Crippen LogP contribution >= 0.6 is 11.8 Å². The predicted molar refractivity (Wildman–Crippen MR) is 102 cm³/mol. The van der Waals surface area contributed by atoms with Gasteiger partial charge in [0.05, 0.1) is 6.10 Å². The molecule has 0 saturated carbocycles. The zero-order valence-electron chi connectivity index (χ0n) is 14.4. The molecule has 1 atom stereocenters. The van der Waals surface area contributed by atoms with Crippen LogP contribution in [0.1, 0.15) is 33.6 Å². The summed E-state index contributed by atoms with van der Waals surface area (Å²) in [5.41, 5.74) is -0.190. The fourth-order valence-electron chi connectivity index (χ4n) is 2.54. The number of aliphatic hydroxyl groups excluding tert-OH is 1. The zero-order chi connectivity index (χ0) is 16.8. The number of thioether (sulfide) groups is 1. The van der Waals surface area contributed by atoms with Crippen LogP contribution in [-0.2, 0) is 0 Å². The number of hydrogen-bond donors (Lipinski definition) is 1. The zero-order valence-corrected chi connectivity index (χ0v) is 15.2. The number of aliphatic hydroxyl groups is 1. The Morgan fingerprint density at radius 1 is 1.22 bits per heavy atom. The molecule has 0 heterocycles. The maximum atomic E-state index is 10.6. The second kappa shape index (κ2) is 8.03. The van der Waals surface area contributed by atoms with Gasteiger partial charge in [0.15, 0.2) is 0 Å². The van der Waals surface area contributed by atoms with E-state index in [-0.39, 0.29) is 10.8 Å². The van der Waals surface area contributed by atoms with Crippen molar-refractivity contribution in [3.8, 4) is 0 Å². The van der Waals surface area contributed by atoms with Crippen molar-refractivity contribution < 1.29 is 5.11 Å². The van der Waals surface area contributed by atoms with E-state index in [1.807, 2.05) is 23.9 Å². The molecule has 1 aromatic carbocycles. The molecule has 0 aliphatic heterocycles. The van der Waals surface area contributed by atoms with Crippen molar-refractivity contribution >= 4 is 11.8 Å². The largest absolute Gasteiger partial charge is 0.388 e. The monoisotopic (exact) mass is 328 g/mol. The number of allylic oxidation sites excluding steroid dienone is 5. The van der Waals surface area contributed by atoms with Crippen molar-refractivity contribution in [2.75, 3.05) is 5.75 Å². The lowest BCUT2D eigenvalue weighted by Gasteiger charge is -2.29. The molecule has 0 aromatic heterocycles. The van der Waals surface area contributed by atoms with Crippen LogP contribution in [0.15, 0.2) is 71.7 Å². The van der Waals surface area contributed by atoms with E-state index < -0.39 is 6.10 Å². The molecule has 0 radical (unpaired) electrons. The van der Waals surface area contributed by atoms with Crippen molar-refractivity contribution in [3.05, 3.63) is 66.8 Å². The highest BCUT2D eigenvalue weighted by atomic mass is 32.2. The first-order chi connectivity index (χ1) is 10.9. The van der Waals surface area contributed by atoms with Crippen LogP contribution in [0.3, 0.4) is 0 Å². The molecule has 124 valence electrons. The molecule has 1 N–H and O–H groups in total. The molecule has 2 rings (SSSR count). The summed E-state index contributed by atoms with van der Waals surface area (Å²) in [6.45, 7) is 6.45. The number of benzene rings is 1. The average Bonchev–Trinajstić information content (AvgIpc) is 2.54. The lowest BCUT2D eigenvalue weighted by molar-refractivity contribution is 0.0880. The molecule has 0 amide bonds. The van der Waals surface area contributed by atoms with E-state index in [1.165, 1.54) is 4.90 Å². The molecule has 0 bridgehead atoms. The van der Waals surface area contributed by atoms with Crippen LogP contribution in [0, 0.1) is 10.8 Å². The summed E-state index contributed by atoms with van der Waals surface area (Å²) in [5.74, 6) is 1.01. The van der Waals surface area contributed by atoms with Crippen molar-refractivity contribution in [2.24, 2.45) is 10.8 Å². The van der Waals surface area contributed by atoms with Gasteiger partial charge in [-0.25, -0.2) is 0 Å². The maximum Gasteiger partial charge on any atom is 0.0772 e. The average molecular weight is 329 g/mol. The third-order valence-electron chi connectivity index (χ3n) is 4.42. The molecule has 1 nitrogen and oxygen atoms in total.